The van der Waals surface area contributed by atoms with Crippen molar-refractivity contribution in [2.45, 2.75) is 12.2 Å². The number of alkyl halides is 3. The van der Waals surface area contributed by atoms with Gasteiger partial charge in [0.15, 0.2) is 17.7 Å². The van der Waals surface area contributed by atoms with Crippen LogP contribution in [0.25, 0.3) is 0 Å². The molecule has 0 aliphatic carbocycles. The summed E-state index contributed by atoms with van der Waals surface area (Å²) in [6.45, 7) is 0. The van der Waals surface area contributed by atoms with Crippen LogP contribution in [0.2, 0.25) is 0 Å². The number of carbonyl (C=O) groups excluding carboxylic acids is 1. The maximum absolute atomic E-state index is 13.5. The highest BCUT2D eigenvalue weighted by atomic mass is 32.2. The van der Waals surface area contributed by atoms with Gasteiger partial charge in [-0.2, -0.15) is 13.2 Å². The Kier molecular flexibility index (Phi) is 6.15. The van der Waals surface area contributed by atoms with Crippen molar-refractivity contribution in [3.05, 3.63) is 35.4 Å². The molecule has 1 aromatic rings. The summed E-state index contributed by atoms with van der Waals surface area (Å²) < 4.78 is 65.3. The first-order chi connectivity index (χ1) is 10.1. The molecule has 0 aromatic heterocycles. The Labute approximate surface area is 125 Å². The first-order valence-electron chi connectivity index (χ1n) is 5.72. The van der Waals surface area contributed by atoms with Gasteiger partial charge in [0, 0.05) is 5.56 Å². The molecule has 0 heterocycles. The highest BCUT2D eigenvalue weighted by Gasteiger charge is 2.43. The number of carboxylic acids is 1. The average molecular weight is 343 g/mol. The molecule has 122 valence electrons. The molecule has 0 aliphatic rings. The van der Waals surface area contributed by atoms with Crippen molar-refractivity contribution in [2.24, 2.45) is 0 Å². The first-order valence-corrected chi connectivity index (χ1v) is 6.88. The lowest BCUT2D eigenvalue weighted by Crippen LogP contribution is -2.39. The number of halogens is 5. The third-order valence-corrected chi connectivity index (χ3v) is 3.30. The smallest absolute Gasteiger partial charge is 0.412 e. The summed E-state index contributed by atoms with van der Waals surface area (Å²) in [5.41, 5.74) is -1.05. The molecule has 1 unspecified atom stereocenters. The molecule has 0 spiro atoms. The summed E-state index contributed by atoms with van der Waals surface area (Å²) in [4.78, 5) is 21.7. The molecule has 0 bridgehead atoms. The minimum absolute atomic E-state index is 0.474. The molecule has 1 amide bonds. The number of thioether (sulfide) groups is 1. The van der Waals surface area contributed by atoms with Crippen molar-refractivity contribution >= 4 is 23.6 Å². The lowest BCUT2D eigenvalue weighted by Gasteiger charge is -2.22. The standard InChI is InChI=1S/C12H10F5NO3S/c13-7-3-1-2-6(10(7)14)11(12(15,16)17)18-8(19)4-22-5-9(20)21/h1-3,11H,4-5H2,(H,18,19)(H,20,21). The second kappa shape index (κ2) is 7.43. The summed E-state index contributed by atoms with van der Waals surface area (Å²) >= 11 is 0.578. The van der Waals surface area contributed by atoms with Crippen molar-refractivity contribution in [2.75, 3.05) is 11.5 Å². The van der Waals surface area contributed by atoms with Gasteiger partial charge in [0.2, 0.25) is 5.91 Å². The SMILES string of the molecule is O=C(O)CSCC(=O)NC(c1cccc(F)c1F)C(F)(F)F. The van der Waals surface area contributed by atoms with Gasteiger partial charge in [-0.1, -0.05) is 12.1 Å². The second-order valence-electron chi connectivity index (χ2n) is 4.07. The number of carbonyl (C=O) groups is 2. The zero-order valence-electron chi connectivity index (χ0n) is 10.8. The fourth-order valence-corrected chi connectivity index (χ4v) is 2.06. The monoisotopic (exact) mass is 343 g/mol. The number of hydrogen-bond donors (Lipinski definition) is 2. The van der Waals surface area contributed by atoms with E-state index in [-0.39, 0.29) is 0 Å². The van der Waals surface area contributed by atoms with Gasteiger partial charge in [-0.25, -0.2) is 8.78 Å². The van der Waals surface area contributed by atoms with E-state index in [4.69, 9.17) is 5.11 Å². The Morgan fingerprint density at radius 3 is 2.41 bits per heavy atom. The zero-order chi connectivity index (χ0) is 16.9. The van der Waals surface area contributed by atoms with Crippen LogP contribution in [-0.2, 0) is 9.59 Å². The number of nitrogens with one attached hydrogen (secondary N) is 1. The highest BCUT2D eigenvalue weighted by molar-refractivity contribution is 8.00. The predicted octanol–water partition coefficient (Wildman–Crippen LogP) is 2.50. The van der Waals surface area contributed by atoms with Gasteiger partial charge in [0.25, 0.3) is 0 Å². The molecular formula is C12H10F5NO3S. The molecule has 0 fully saturated rings. The van der Waals surface area contributed by atoms with Crippen molar-refractivity contribution in [1.82, 2.24) is 5.32 Å². The van der Waals surface area contributed by atoms with E-state index < -0.39 is 52.8 Å². The summed E-state index contributed by atoms with van der Waals surface area (Å²) in [7, 11) is 0. The summed E-state index contributed by atoms with van der Waals surface area (Å²) in [5.74, 6) is -6.59. The molecule has 22 heavy (non-hydrogen) atoms. The topological polar surface area (TPSA) is 66.4 Å². The van der Waals surface area contributed by atoms with Gasteiger partial charge in [-0.3, -0.25) is 9.59 Å². The fraction of sp³-hybridized carbons (Fsp3) is 0.333. The number of rotatable bonds is 6. The van der Waals surface area contributed by atoms with Crippen molar-refractivity contribution in [1.29, 1.82) is 0 Å². The van der Waals surface area contributed by atoms with Crippen molar-refractivity contribution in [3.63, 3.8) is 0 Å². The van der Waals surface area contributed by atoms with Crippen LogP contribution in [-0.4, -0.2) is 34.7 Å². The van der Waals surface area contributed by atoms with Gasteiger partial charge in [-0.15, -0.1) is 11.8 Å². The molecule has 1 atom stereocenters. The van der Waals surface area contributed by atoms with Crippen LogP contribution in [0, 0.1) is 11.6 Å². The molecule has 10 heteroatoms. The van der Waals surface area contributed by atoms with E-state index in [1.165, 1.54) is 5.32 Å². The number of amides is 1. The zero-order valence-corrected chi connectivity index (χ0v) is 11.6. The lowest BCUT2D eigenvalue weighted by atomic mass is 10.1. The number of carboxylic acid groups (broad SMARTS) is 1. The molecule has 0 saturated carbocycles. The van der Waals surface area contributed by atoms with Gasteiger partial charge in [-0.05, 0) is 6.07 Å². The molecular weight excluding hydrogens is 333 g/mol. The van der Waals surface area contributed by atoms with Crippen LogP contribution >= 0.6 is 11.8 Å². The highest BCUT2D eigenvalue weighted by Crippen LogP contribution is 2.34. The average Bonchev–Trinajstić information content (AvgIpc) is 2.38. The second-order valence-corrected chi connectivity index (χ2v) is 5.06. The quantitative estimate of drug-likeness (QED) is 0.779. The summed E-state index contributed by atoms with van der Waals surface area (Å²) in [6, 6.07) is -0.475. The fourth-order valence-electron chi connectivity index (χ4n) is 1.51. The van der Waals surface area contributed by atoms with Crippen LogP contribution in [0.3, 0.4) is 0 Å². The number of hydrogen-bond acceptors (Lipinski definition) is 3. The molecule has 2 N–H and O–H groups in total. The van der Waals surface area contributed by atoms with Crippen LogP contribution in [0.4, 0.5) is 22.0 Å². The first kappa shape index (κ1) is 18.2. The predicted molar refractivity (Wildman–Crippen MR) is 68.3 cm³/mol. The van der Waals surface area contributed by atoms with Gasteiger partial charge < -0.3 is 10.4 Å². The third kappa shape index (κ3) is 5.17. The van der Waals surface area contributed by atoms with Crippen molar-refractivity contribution in [3.8, 4) is 0 Å². The normalized spacial score (nSPS) is 12.8. The van der Waals surface area contributed by atoms with E-state index in [1.807, 2.05) is 0 Å². The number of aliphatic carboxylic acids is 1. The van der Waals surface area contributed by atoms with Crippen LogP contribution in [0.1, 0.15) is 11.6 Å². The van der Waals surface area contributed by atoms with Gasteiger partial charge in [0.1, 0.15) is 0 Å². The summed E-state index contributed by atoms with van der Waals surface area (Å²) in [6.07, 6.45) is -5.04. The summed E-state index contributed by atoms with van der Waals surface area (Å²) in [5, 5.41) is 9.89. The molecule has 0 aliphatic heterocycles. The van der Waals surface area contributed by atoms with Gasteiger partial charge >= 0.3 is 12.1 Å². The van der Waals surface area contributed by atoms with Crippen LogP contribution in [0.15, 0.2) is 18.2 Å². The molecule has 4 nitrogen and oxygen atoms in total. The van der Waals surface area contributed by atoms with Crippen LogP contribution < -0.4 is 5.32 Å². The van der Waals surface area contributed by atoms with Crippen LogP contribution in [0.5, 0.6) is 0 Å². The third-order valence-electron chi connectivity index (χ3n) is 2.38. The largest absolute Gasteiger partial charge is 0.481 e. The Balaban J connectivity index is 2.89. The molecule has 1 rings (SSSR count). The van der Waals surface area contributed by atoms with E-state index >= 15 is 0 Å². The molecule has 0 saturated heterocycles. The minimum Gasteiger partial charge on any atom is -0.481 e. The van der Waals surface area contributed by atoms with E-state index in [1.54, 1.807) is 0 Å². The lowest BCUT2D eigenvalue weighted by molar-refractivity contribution is -0.163. The van der Waals surface area contributed by atoms with E-state index in [0.717, 1.165) is 6.07 Å². The number of benzene rings is 1. The van der Waals surface area contributed by atoms with Gasteiger partial charge in [0.05, 0.1) is 11.5 Å². The Morgan fingerprint density at radius 2 is 1.86 bits per heavy atom. The van der Waals surface area contributed by atoms with Crippen molar-refractivity contribution < 1.29 is 36.6 Å². The van der Waals surface area contributed by atoms with E-state index in [2.05, 4.69) is 0 Å². The maximum Gasteiger partial charge on any atom is 0.412 e. The maximum atomic E-state index is 13.5. The van der Waals surface area contributed by atoms with E-state index in [9.17, 15) is 31.5 Å². The Bertz CT molecular complexity index is 564. The minimum atomic E-state index is -5.04. The Morgan fingerprint density at radius 1 is 1.23 bits per heavy atom. The van der Waals surface area contributed by atoms with E-state index in [0.29, 0.717) is 23.9 Å². The Hall–Kier alpha value is -1.84. The molecule has 1 aromatic carbocycles. The molecule has 0 radical (unpaired) electrons.